The Morgan fingerprint density at radius 3 is 2.90 bits per heavy atom. The third-order valence-corrected chi connectivity index (χ3v) is 3.07. The molecular weight excluding hydrogens is 320 g/mol. The summed E-state index contributed by atoms with van der Waals surface area (Å²) in [4.78, 5) is 15.8. The van der Waals surface area contributed by atoms with Gasteiger partial charge in [0.05, 0.1) is 24.9 Å². The van der Waals surface area contributed by atoms with E-state index in [0.717, 1.165) is 15.9 Å². The van der Waals surface area contributed by atoms with Crippen molar-refractivity contribution in [2.24, 2.45) is 0 Å². The Balaban J connectivity index is 1.76. The van der Waals surface area contributed by atoms with Crippen LogP contribution in [0.3, 0.4) is 0 Å². The number of pyridine rings is 1. The summed E-state index contributed by atoms with van der Waals surface area (Å²) in [5.74, 6) is 0.685. The maximum absolute atomic E-state index is 11.7. The van der Waals surface area contributed by atoms with E-state index in [1.807, 2.05) is 31.2 Å². The molecule has 1 aromatic heterocycles. The number of aromatic nitrogens is 1. The third-order valence-electron chi connectivity index (χ3n) is 2.60. The standard InChI is InChI=1S/C15H15BrN2O2/c1-11-3-2-4-13(9-11)20-8-7-15(19)18-12-5-6-14(16)17-10-12/h2-6,9-10H,7-8H2,1H3,(H,18,19). The van der Waals surface area contributed by atoms with Crippen LogP contribution in [-0.2, 0) is 4.79 Å². The van der Waals surface area contributed by atoms with Gasteiger partial charge in [0.1, 0.15) is 10.4 Å². The lowest BCUT2D eigenvalue weighted by molar-refractivity contribution is -0.116. The molecule has 0 saturated carbocycles. The van der Waals surface area contributed by atoms with E-state index < -0.39 is 0 Å². The van der Waals surface area contributed by atoms with Crippen molar-refractivity contribution in [1.29, 1.82) is 0 Å². The van der Waals surface area contributed by atoms with Crippen LogP contribution in [0.4, 0.5) is 5.69 Å². The fraction of sp³-hybridized carbons (Fsp3) is 0.200. The molecule has 0 spiro atoms. The number of anilines is 1. The molecule has 5 heteroatoms. The van der Waals surface area contributed by atoms with Crippen LogP contribution in [0.1, 0.15) is 12.0 Å². The minimum Gasteiger partial charge on any atom is -0.493 e. The molecule has 4 nitrogen and oxygen atoms in total. The number of amides is 1. The van der Waals surface area contributed by atoms with Gasteiger partial charge in [-0.15, -0.1) is 0 Å². The lowest BCUT2D eigenvalue weighted by Gasteiger charge is -2.07. The van der Waals surface area contributed by atoms with Crippen molar-refractivity contribution < 1.29 is 9.53 Å². The van der Waals surface area contributed by atoms with Gasteiger partial charge < -0.3 is 10.1 Å². The monoisotopic (exact) mass is 334 g/mol. The highest BCUT2D eigenvalue weighted by atomic mass is 79.9. The number of aryl methyl sites for hydroxylation is 1. The molecule has 0 radical (unpaired) electrons. The zero-order valence-corrected chi connectivity index (χ0v) is 12.7. The Kier molecular flexibility index (Phi) is 5.12. The molecule has 0 saturated heterocycles. The van der Waals surface area contributed by atoms with Crippen molar-refractivity contribution >= 4 is 27.5 Å². The lowest BCUT2D eigenvalue weighted by atomic mass is 10.2. The van der Waals surface area contributed by atoms with Crippen LogP contribution in [0.15, 0.2) is 47.2 Å². The Morgan fingerprint density at radius 2 is 2.20 bits per heavy atom. The van der Waals surface area contributed by atoms with Crippen molar-refractivity contribution in [2.45, 2.75) is 13.3 Å². The molecule has 1 N–H and O–H groups in total. The highest BCUT2D eigenvalue weighted by molar-refractivity contribution is 9.10. The molecule has 0 fully saturated rings. The number of carbonyl (C=O) groups excluding carboxylic acids is 1. The van der Waals surface area contributed by atoms with E-state index in [0.29, 0.717) is 18.7 Å². The number of benzene rings is 1. The molecule has 20 heavy (non-hydrogen) atoms. The van der Waals surface area contributed by atoms with Crippen LogP contribution in [0.5, 0.6) is 5.75 Å². The summed E-state index contributed by atoms with van der Waals surface area (Å²) < 4.78 is 6.26. The first-order chi connectivity index (χ1) is 9.63. The summed E-state index contributed by atoms with van der Waals surface area (Å²) in [5.41, 5.74) is 1.81. The topological polar surface area (TPSA) is 51.2 Å². The SMILES string of the molecule is Cc1cccc(OCCC(=O)Nc2ccc(Br)nc2)c1. The normalized spacial score (nSPS) is 10.1. The van der Waals surface area contributed by atoms with E-state index in [2.05, 4.69) is 26.2 Å². The molecule has 1 amide bonds. The lowest BCUT2D eigenvalue weighted by Crippen LogP contribution is -2.15. The molecule has 104 valence electrons. The summed E-state index contributed by atoms with van der Waals surface area (Å²) in [6.07, 6.45) is 1.90. The molecule has 1 heterocycles. The largest absolute Gasteiger partial charge is 0.493 e. The highest BCUT2D eigenvalue weighted by Crippen LogP contribution is 2.13. The zero-order valence-electron chi connectivity index (χ0n) is 11.1. The maximum Gasteiger partial charge on any atom is 0.227 e. The first kappa shape index (κ1) is 14.5. The molecular formula is C15H15BrN2O2. The van der Waals surface area contributed by atoms with Gasteiger partial charge in [-0.2, -0.15) is 0 Å². The van der Waals surface area contributed by atoms with Crippen molar-refractivity contribution in [2.75, 3.05) is 11.9 Å². The van der Waals surface area contributed by atoms with Gasteiger partial charge in [0, 0.05) is 0 Å². The fourth-order valence-electron chi connectivity index (χ4n) is 1.64. The van der Waals surface area contributed by atoms with E-state index in [-0.39, 0.29) is 5.91 Å². The summed E-state index contributed by atoms with van der Waals surface area (Å²) >= 11 is 3.24. The zero-order chi connectivity index (χ0) is 14.4. The van der Waals surface area contributed by atoms with Gasteiger partial charge in [0.2, 0.25) is 5.91 Å². The van der Waals surface area contributed by atoms with Crippen molar-refractivity contribution in [3.8, 4) is 5.75 Å². The van der Waals surface area contributed by atoms with Crippen LogP contribution in [0, 0.1) is 6.92 Å². The number of rotatable bonds is 5. The molecule has 0 aliphatic heterocycles. The van der Waals surface area contributed by atoms with Gasteiger partial charge in [0.15, 0.2) is 0 Å². The number of ether oxygens (including phenoxy) is 1. The van der Waals surface area contributed by atoms with Crippen molar-refractivity contribution in [1.82, 2.24) is 4.98 Å². The Hall–Kier alpha value is -1.88. The second kappa shape index (κ2) is 7.05. The average molecular weight is 335 g/mol. The number of carbonyl (C=O) groups is 1. The Labute approximate surface area is 126 Å². The van der Waals surface area contributed by atoms with Crippen molar-refractivity contribution in [3.05, 3.63) is 52.8 Å². The minimum atomic E-state index is -0.0956. The van der Waals surface area contributed by atoms with Gasteiger partial charge in [-0.1, -0.05) is 12.1 Å². The number of halogens is 1. The molecule has 0 atom stereocenters. The van der Waals surface area contributed by atoms with Crippen LogP contribution in [0.2, 0.25) is 0 Å². The van der Waals surface area contributed by atoms with Crippen LogP contribution in [0.25, 0.3) is 0 Å². The second-order valence-electron chi connectivity index (χ2n) is 4.33. The first-order valence-electron chi connectivity index (χ1n) is 6.24. The number of hydrogen-bond donors (Lipinski definition) is 1. The third kappa shape index (κ3) is 4.66. The summed E-state index contributed by atoms with van der Waals surface area (Å²) in [5, 5.41) is 2.76. The van der Waals surface area contributed by atoms with E-state index in [4.69, 9.17) is 4.74 Å². The predicted molar refractivity (Wildman–Crippen MR) is 81.9 cm³/mol. The quantitative estimate of drug-likeness (QED) is 0.850. The van der Waals surface area contributed by atoms with Gasteiger partial charge in [-0.05, 0) is 52.7 Å². The van der Waals surface area contributed by atoms with Crippen LogP contribution < -0.4 is 10.1 Å². The van der Waals surface area contributed by atoms with E-state index >= 15 is 0 Å². The number of nitrogens with one attached hydrogen (secondary N) is 1. The molecule has 1 aromatic carbocycles. The molecule has 0 aliphatic rings. The maximum atomic E-state index is 11.7. The molecule has 0 unspecified atom stereocenters. The van der Waals surface area contributed by atoms with Gasteiger partial charge in [-0.25, -0.2) is 4.98 Å². The molecule has 0 bridgehead atoms. The van der Waals surface area contributed by atoms with E-state index in [1.54, 1.807) is 18.3 Å². The smallest absolute Gasteiger partial charge is 0.227 e. The van der Waals surface area contributed by atoms with Gasteiger partial charge >= 0.3 is 0 Å². The van der Waals surface area contributed by atoms with E-state index in [1.165, 1.54) is 0 Å². The predicted octanol–water partition coefficient (Wildman–Crippen LogP) is 3.56. The van der Waals surface area contributed by atoms with Gasteiger partial charge in [-0.3, -0.25) is 4.79 Å². The average Bonchev–Trinajstić information content (AvgIpc) is 2.41. The Morgan fingerprint density at radius 1 is 1.35 bits per heavy atom. The fourth-order valence-corrected chi connectivity index (χ4v) is 1.87. The van der Waals surface area contributed by atoms with Crippen LogP contribution in [-0.4, -0.2) is 17.5 Å². The minimum absolute atomic E-state index is 0.0956. The molecule has 2 rings (SSSR count). The molecule has 2 aromatic rings. The Bertz CT molecular complexity index is 585. The van der Waals surface area contributed by atoms with E-state index in [9.17, 15) is 4.79 Å². The number of hydrogen-bond acceptors (Lipinski definition) is 3. The van der Waals surface area contributed by atoms with Gasteiger partial charge in [0.25, 0.3) is 0 Å². The first-order valence-corrected chi connectivity index (χ1v) is 7.03. The molecule has 0 aliphatic carbocycles. The van der Waals surface area contributed by atoms with Crippen molar-refractivity contribution in [3.63, 3.8) is 0 Å². The second-order valence-corrected chi connectivity index (χ2v) is 5.15. The van der Waals surface area contributed by atoms with Crippen LogP contribution >= 0.6 is 15.9 Å². The number of nitrogens with zero attached hydrogens (tertiary/aromatic N) is 1. The summed E-state index contributed by atoms with van der Waals surface area (Å²) in [6.45, 7) is 2.35. The summed E-state index contributed by atoms with van der Waals surface area (Å²) in [6, 6.07) is 11.3. The summed E-state index contributed by atoms with van der Waals surface area (Å²) in [7, 11) is 0. The highest BCUT2D eigenvalue weighted by Gasteiger charge is 2.03.